The first-order valence-electron chi connectivity index (χ1n) is 13.1. The molecule has 1 aromatic heterocycles. The number of benzene rings is 3. The average Bonchev–Trinajstić information content (AvgIpc) is 3.24. The SMILES string of the molecule is CCCc1cc(Oc2ccc(CC(C)C)cc2)ccc1OCCCOc1ccc(-c2oc(=O)[nH]c2O)cc1. The Labute approximate surface area is 223 Å². The van der Waals surface area contributed by atoms with Crippen molar-refractivity contribution in [1.82, 2.24) is 4.98 Å². The number of hydrogen-bond acceptors (Lipinski definition) is 6. The number of aryl methyl sites for hydroxylation is 1. The van der Waals surface area contributed by atoms with Crippen molar-refractivity contribution < 1.29 is 23.7 Å². The standard InChI is InChI=1S/C31H35NO6/c1-4-6-24-20-27(37-26-11-7-22(8-12-26)19-21(2)3)15-16-28(24)36-18-5-17-35-25-13-9-23(10-14-25)29-30(33)32-31(34)38-29/h7-16,20-21,33H,4-6,17-19H2,1-3H3,(H,32,34). The maximum Gasteiger partial charge on any atom is 0.419 e. The van der Waals surface area contributed by atoms with E-state index in [1.165, 1.54) is 5.56 Å². The van der Waals surface area contributed by atoms with Gasteiger partial charge in [-0.25, -0.2) is 4.79 Å². The van der Waals surface area contributed by atoms with Crippen LogP contribution in [0.15, 0.2) is 75.9 Å². The van der Waals surface area contributed by atoms with E-state index < -0.39 is 5.76 Å². The molecule has 0 saturated carbocycles. The Bertz CT molecular complexity index is 1350. The maximum absolute atomic E-state index is 11.2. The van der Waals surface area contributed by atoms with Crippen molar-refractivity contribution in [2.75, 3.05) is 13.2 Å². The number of rotatable bonds is 13. The number of H-pyrrole nitrogens is 1. The first-order chi connectivity index (χ1) is 18.4. The third-order valence-electron chi connectivity index (χ3n) is 5.92. The molecule has 1 heterocycles. The zero-order valence-corrected chi connectivity index (χ0v) is 22.2. The molecule has 7 heteroatoms. The third kappa shape index (κ3) is 7.44. The molecule has 0 radical (unpaired) electrons. The summed E-state index contributed by atoms with van der Waals surface area (Å²) in [6.45, 7) is 7.60. The van der Waals surface area contributed by atoms with Gasteiger partial charge in [-0.2, -0.15) is 0 Å². The summed E-state index contributed by atoms with van der Waals surface area (Å²) in [4.78, 5) is 13.4. The van der Waals surface area contributed by atoms with E-state index in [1.54, 1.807) is 24.3 Å². The van der Waals surface area contributed by atoms with Gasteiger partial charge in [-0.05, 0) is 84.5 Å². The number of hydrogen-bond donors (Lipinski definition) is 2. The second-order valence-electron chi connectivity index (χ2n) is 9.63. The summed E-state index contributed by atoms with van der Waals surface area (Å²) >= 11 is 0. The van der Waals surface area contributed by atoms with Crippen LogP contribution in [0.1, 0.15) is 44.7 Å². The lowest BCUT2D eigenvalue weighted by atomic mass is 10.0. The first kappa shape index (κ1) is 26.9. The quantitative estimate of drug-likeness (QED) is 0.183. The largest absolute Gasteiger partial charge is 0.493 e. The van der Waals surface area contributed by atoms with E-state index in [9.17, 15) is 9.90 Å². The van der Waals surface area contributed by atoms with E-state index in [2.05, 4.69) is 44.0 Å². The Hall–Kier alpha value is -4.13. The van der Waals surface area contributed by atoms with E-state index in [-0.39, 0.29) is 11.6 Å². The van der Waals surface area contributed by atoms with Gasteiger partial charge in [0.25, 0.3) is 0 Å². The summed E-state index contributed by atoms with van der Waals surface area (Å²) < 4.78 is 22.9. The molecule has 38 heavy (non-hydrogen) atoms. The summed E-state index contributed by atoms with van der Waals surface area (Å²) in [7, 11) is 0. The second-order valence-corrected chi connectivity index (χ2v) is 9.63. The van der Waals surface area contributed by atoms with Gasteiger partial charge in [0.1, 0.15) is 23.0 Å². The van der Waals surface area contributed by atoms with Crippen LogP contribution in [0.4, 0.5) is 0 Å². The Morgan fingerprint density at radius 1 is 0.895 bits per heavy atom. The van der Waals surface area contributed by atoms with E-state index in [0.29, 0.717) is 36.9 Å². The molecule has 200 valence electrons. The summed E-state index contributed by atoms with van der Waals surface area (Å²) in [5.41, 5.74) is 3.02. The lowest BCUT2D eigenvalue weighted by Gasteiger charge is -2.14. The lowest BCUT2D eigenvalue weighted by molar-refractivity contribution is 0.246. The topological polar surface area (TPSA) is 93.9 Å². The van der Waals surface area contributed by atoms with Crippen molar-refractivity contribution in [2.24, 2.45) is 5.92 Å². The van der Waals surface area contributed by atoms with Gasteiger partial charge in [-0.15, -0.1) is 0 Å². The molecule has 7 nitrogen and oxygen atoms in total. The first-order valence-corrected chi connectivity index (χ1v) is 13.1. The van der Waals surface area contributed by atoms with Gasteiger partial charge in [0.15, 0.2) is 5.76 Å². The number of oxazole rings is 1. The minimum Gasteiger partial charge on any atom is -0.493 e. The molecule has 0 fully saturated rings. The fourth-order valence-corrected chi connectivity index (χ4v) is 4.18. The molecular weight excluding hydrogens is 482 g/mol. The Balaban J connectivity index is 1.26. The zero-order chi connectivity index (χ0) is 26.9. The molecule has 0 saturated heterocycles. The van der Waals surface area contributed by atoms with Crippen LogP contribution in [0.3, 0.4) is 0 Å². The van der Waals surface area contributed by atoms with Crippen molar-refractivity contribution in [3.8, 4) is 40.2 Å². The smallest absolute Gasteiger partial charge is 0.419 e. The van der Waals surface area contributed by atoms with Gasteiger partial charge < -0.3 is 23.7 Å². The monoisotopic (exact) mass is 517 g/mol. The van der Waals surface area contributed by atoms with Gasteiger partial charge >= 0.3 is 5.76 Å². The number of aromatic nitrogens is 1. The fourth-order valence-electron chi connectivity index (χ4n) is 4.18. The highest BCUT2D eigenvalue weighted by molar-refractivity contribution is 5.62. The van der Waals surface area contributed by atoms with Crippen LogP contribution >= 0.6 is 0 Å². The summed E-state index contributed by atoms with van der Waals surface area (Å²) in [5, 5.41) is 9.71. The lowest BCUT2D eigenvalue weighted by Crippen LogP contribution is -2.06. The molecule has 0 aliphatic carbocycles. The van der Waals surface area contributed by atoms with Gasteiger partial charge in [0.2, 0.25) is 5.88 Å². The summed E-state index contributed by atoms with van der Waals surface area (Å²) in [6.07, 6.45) is 3.68. The summed E-state index contributed by atoms with van der Waals surface area (Å²) in [5.74, 6) is 2.91. The van der Waals surface area contributed by atoms with Gasteiger partial charge in [0, 0.05) is 12.0 Å². The predicted octanol–water partition coefficient (Wildman–Crippen LogP) is 7.13. The molecule has 0 unspecified atom stereocenters. The van der Waals surface area contributed by atoms with E-state index in [1.807, 2.05) is 24.3 Å². The number of aromatic hydroxyl groups is 1. The van der Waals surface area contributed by atoms with E-state index >= 15 is 0 Å². The Morgan fingerprint density at radius 2 is 1.58 bits per heavy atom. The molecule has 4 aromatic rings. The van der Waals surface area contributed by atoms with Crippen LogP contribution in [0, 0.1) is 5.92 Å². The van der Waals surface area contributed by atoms with Crippen molar-refractivity contribution in [1.29, 1.82) is 0 Å². The second kappa shape index (κ2) is 12.9. The fraction of sp³-hybridized carbons (Fsp3) is 0.323. The Kier molecular flexibility index (Phi) is 9.14. The van der Waals surface area contributed by atoms with Crippen LogP contribution in [-0.2, 0) is 12.8 Å². The van der Waals surface area contributed by atoms with Crippen LogP contribution in [0.25, 0.3) is 11.3 Å². The average molecular weight is 518 g/mol. The van der Waals surface area contributed by atoms with Crippen LogP contribution in [0.5, 0.6) is 28.9 Å². The summed E-state index contributed by atoms with van der Waals surface area (Å²) in [6, 6.07) is 21.2. The molecule has 0 spiro atoms. The van der Waals surface area contributed by atoms with Gasteiger partial charge in [-0.3, -0.25) is 4.98 Å². The highest BCUT2D eigenvalue weighted by Crippen LogP contribution is 2.30. The molecule has 0 atom stereocenters. The van der Waals surface area contributed by atoms with Crippen molar-refractivity contribution >= 4 is 0 Å². The molecule has 3 aromatic carbocycles. The number of ether oxygens (including phenoxy) is 3. The highest BCUT2D eigenvalue weighted by Gasteiger charge is 2.11. The minimum absolute atomic E-state index is 0.105. The van der Waals surface area contributed by atoms with Crippen molar-refractivity contribution in [3.63, 3.8) is 0 Å². The molecule has 2 N–H and O–H groups in total. The van der Waals surface area contributed by atoms with E-state index in [0.717, 1.165) is 42.1 Å². The molecule has 0 aliphatic rings. The third-order valence-corrected chi connectivity index (χ3v) is 5.92. The zero-order valence-electron chi connectivity index (χ0n) is 22.2. The molecule has 4 rings (SSSR count). The Morgan fingerprint density at radius 3 is 2.24 bits per heavy atom. The van der Waals surface area contributed by atoms with E-state index in [4.69, 9.17) is 18.6 Å². The number of aromatic amines is 1. The molecule has 0 bridgehead atoms. The molecule has 0 aliphatic heterocycles. The van der Waals surface area contributed by atoms with Crippen LogP contribution in [-0.4, -0.2) is 23.3 Å². The predicted molar refractivity (Wildman–Crippen MR) is 148 cm³/mol. The molecular formula is C31H35NO6. The maximum atomic E-state index is 11.2. The van der Waals surface area contributed by atoms with Crippen molar-refractivity contribution in [2.45, 2.75) is 46.5 Å². The van der Waals surface area contributed by atoms with Crippen molar-refractivity contribution in [3.05, 3.63) is 88.4 Å². The van der Waals surface area contributed by atoms with Gasteiger partial charge in [0.05, 0.1) is 13.2 Å². The van der Waals surface area contributed by atoms with Crippen LogP contribution < -0.4 is 20.0 Å². The van der Waals surface area contributed by atoms with Crippen LogP contribution in [0.2, 0.25) is 0 Å². The van der Waals surface area contributed by atoms with Gasteiger partial charge in [-0.1, -0.05) is 39.3 Å². The number of nitrogens with one attached hydrogen (secondary N) is 1. The minimum atomic E-state index is -0.700. The highest BCUT2D eigenvalue weighted by atomic mass is 16.5. The normalized spacial score (nSPS) is 11.1. The molecule has 0 amide bonds.